The zero-order valence-corrected chi connectivity index (χ0v) is 15.9. The van der Waals surface area contributed by atoms with Gasteiger partial charge in [-0.3, -0.25) is 0 Å². The van der Waals surface area contributed by atoms with Gasteiger partial charge in [-0.1, -0.05) is 0 Å². The molecule has 18 heavy (non-hydrogen) atoms. The fraction of sp³-hybridized carbons (Fsp3) is 0.571. The Bertz CT molecular complexity index is 442. The first kappa shape index (κ1) is 14.3. The van der Waals surface area contributed by atoms with Gasteiger partial charge in [0.15, 0.2) is 0 Å². The van der Waals surface area contributed by atoms with Crippen molar-refractivity contribution < 1.29 is 9.47 Å². The van der Waals surface area contributed by atoms with E-state index in [1.54, 1.807) is 16.9 Å². The molecule has 0 N–H and O–H groups in total. The van der Waals surface area contributed by atoms with E-state index < -0.39 is 14.7 Å². The fourth-order valence-electron chi connectivity index (χ4n) is 2.15. The summed E-state index contributed by atoms with van der Waals surface area (Å²) >= 11 is 1.05. The molecule has 100 valence electrons. The number of fused-ring (bicyclic) bond motifs is 1. The average molecular weight is 372 g/mol. The Morgan fingerprint density at radius 3 is 2.78 bits per heavy atom. The summed E-state index contributed by atoms with van der Waals surface area (Å²) in [5, 5.41) is 1.23. The summed E-state index contributed by atoms with van der Waals surface area (Å²) in [6, 6.07) is 4.37. The summed E-state index contributed by atoms with van der Waals surface area (Å²) in [5.74, 6) is 1.93. The number of hydrogen-bond acceptors (Lipinski definition) is 2. The third-order valence-corrected chi connectivity index (χ3v) is 5.90. The Labute approximate surface area is 123 Å². The van der Waals surface area contributed by atoms with Crippen molar-refractivity contribution in [3.05, 3.63) is 17.7 Å². The number of rotatable bonds is 4. The van der Waals surface area contributed by atoms with E-state index >= 15 is 0 Å². The summed E-state index contributed by atoms with van der Waals surface area (Å²) in [5.41, 5.74) is 5.94. The molecular formula is C14H22As2O2. The third kappa shape index (κ3) is 3.49. The molecule has 0 aromatic heterocycles. The predicted molar refractivity (Wildman–Crippen MR) is 80.8 cm³/mol. The van der Waals surface area contributed by atoms with Gasteiger partial charge in [-0.05, 0) is 0 Å². The molecule has 1 aromatic rings. The molecule has 0 saturated heterocycles. The number of benzene rings is 1. The Kier molecular flexibility index (Phi) is 4.39. The van der Waals surface area contributed by atoms with Crippen LogP contribution < -0.4 is 13.8 Å². The third-order valence-electron chi connectivity index (χ3n) is 2.94. The molecule has 4 heteroatoms. The minimum atomic E-state index is -0.594. The molecule has 1 unspecified atom stereocenters. The monoisotopic (exact) mass is 372 g/mol. The van der Waals surface area contributed by atoms with E-state index in [1.807, 2.05) is 0 Å². The molecule has 2 nitrogen and oxygen atoms in total. The zero-order valence-electron chi connectivity index (χ0n) is 11.6. The second kappa shape index (κ2) is 5.51. The van der Waals surface area contributed by atoms with Crippen molar-refractivity contribution in [2.45, 2.75) is 42.5 Å². The van der Waals surface area contributed by atoms with Crippen molar-refractivity contribution in [2.75, 3.05) is 6.61 Å². The topological polar surface area (TPSA) is 18.5 Å². The number of ether oxygens (including phenoxy) is 2. The van der Waals surface area contributed by atoms with Crippen LogP contribution in [0.5, 0.6) is 11.5 Å². The molecule has 2 rings (SSSR count). The van der Waals surface area contributed by atoms with Crippen LogP contribution in [0.25, 0.3) is 0 Å². The second-order valence-electron chi connectivity index (χ2n) is 5.70. The van der Waals surface area contributed by atoms with Crippen molar-refractivity contribution in [2.24, 2.45) is 0 Å². The fourth-order valence-corrected chi connectivity index (χ4v) is 3.84. The van der Waals surface area contributed by atoms with E-state index in [0.717, 1.165) is 24.5 Å². The first-order valence-corrected chi connectivity index (χ1v) is 12.6. The van der Waals surface area contributed by atoms with Crippen LogP contribution in [0, 0.1) is 0 Å². The summed E-state index contributed by atoms with van der Waals surface area (Å²) in [6.07, 6.45) is 0.982. The molecular weight excluding hydrogens is 350 g/mol. The van der Waals surface area contributed by atoms with Gasteiger partial charge >= 0.3 is 124 Å². The van der Waals surface area contributed by atoms with Crippen LogP contribution in [-0.4, -0.2) is 43.7 Å². The van der Waals surface area contributed by atoms with E-state index in [4.69, 9.17) is 9.47 Å². The molecule has 1 aromatic carbocycles. The second-order valence-corrected chi connectivity index (χ2v) is 12.6. The maximum atomic E-state index is 6.03. The number of hydrogen-bond donors (Lipinski definition) is 0. The van der Waals surface area contributed by atoms with Gasteiger partial charge in [-0.2, -0.15) is 0 Å². The van der Waals surface area contributed by atoms with E-state index in [9.17, 15) is 0 Å². The van der Waals surface area contributed by atoms with Gasteiger partial charge in [0.2, 0.25) is 0 Å². The first-order chi connectivity index (χ1) is 8.37. The zero-order chi connectivity index (χ0) is 13.3. The SMILES string of the molecule is C[As](C)CCOc1cc([AsH2])cc2c1OC(C)(C)C2. The molecule has 1 aliphatic heterocycles. The Morgan fingerprint density at radius 1 is 1.39 bits per heavy atom. The standard InChI is InChI=1S/C14H22As2O2/c1-14(2)9-10-7-11(15)8-12(13(10)18-14)17-6-5-16(3)4/h7-8H,5-6,9,15H2,1-4H3. The molecule has 1 atom stereocenters. The first-order valence-electron chi connectivity index (χ1n) is 6.26. The maximum absolute atomic E-state index is 6.03. The van der Waals surface area contributed by atoms with Gasteiger partial charge in [0.25, 0.3) is 0 Å². The molecule has 0 radical (unpaired) electrons. The van der Waals surface area contributed by atoms with Crippen LogP contribution in [0.2, 0.25) is 16.6 Å². The molecule has 1 heterocycles. The molecule has 0 spiro atoms. The molecule has 0 fully saturated rings. The Morgan fingerprint density at radius 2 is 2.11 bits per heavy atom. The van der Waals surface area contributed by atoms with Crippen LogP contribution in [-0.2, 0) is 6.42 Å². The van der Waals surface area contributed by atoms with Gasteiger partial charge in [0.1, 0.15) is 0 Å². The Balaban J connectivity index is 2.16. The molecule has 0 saturated carbocycles. The normalized spacial score (nSPS) is 16.6. The van der Waals surface area contributed by atoms with Crippen molar-refractivity contribution in [1.29, 1.82) is 0 Å². The van der Waals surface area contributed by atoms with Crippen molar-refractivity contribution >= 4 is 35.9 Å². The summed E-state index contributed by atoms with van der Waals surface area (Å²) < 4.78 is 13.3. The van der Waals surface area contributed by atoms with Gasteiger partial charge in [-0.25, -0.2) is 0 Å². The van der Waals surface area contributed by atoms with Crippen molar-refractivity contribution in [1.82, 2.24) is 0 Å². The van der Waals surface area contributed by atoms with E-state index in [1.165, 1.54) is 15.1 Å². The van der Waals surface area contributed by atoms with Gasteiger partial charge in [0.05, 0.1) is 0 Å². The minimum absolute atomic E-state index is 0.0888. The van der Waals surface area contributed by atoms with Crippen molar-refractivity contribution in [3.8, 4) is 11.5 Å². The van der Waals surface area contributed by atoms with Crippen LogP contribution in [0.4, 0.5) is 0 Å². The van der Waals surface area contributed by atoms with Crippen molar-refractivity contribution in [3.63, 3.8) is 0 Å². The van der Waals surface area contributed by atoms with E-state index in [0.29, 0.717) is 0 Å². The quantitative estimate of drug-likeness (QED) is 0.751. The van der Waals surface area contributed by atoms with E-state index in [2.05, 4.69) is 37.4 Å². The molecule has 0 amide bonds. The molecule has 0 bridgehead atoms. The van der Waals surface area contributed by atoms with Gasteiger partial charge < -0.3 is 0 Å². The summed E-state index contributed by atoms with van der Waals surface area (Å²) in [4.78, 5) is 0. The molecule has 0 aliphatic carbocycles. The predicted octanol–water partition coefficient (Wildman–Crippen LogP) is 1.79. The van der Waals surface area contributed by atoms with E-state index in [-0.39, 0.29) is 5.60 Å². The molecule has 1 aliphatic rings. The Hall–Kier alpha value is -0.0631. The van der Waals surface area contributed by atoms with Crippen LogP contribution in [0.3, 0.4) is 0 Å². The average Bonchev–Trinajstić information content (AvgIpc) is 2.51. The van der Waals surface area contributed by atoms with Crippen LogP contribution in [0.1, 0.15) is 19.4 Å². The summed E-state index contributed by atoms with van der Waals surface area (Å²) in [7, 11) is 0. The van der Waals surface area contributed by atoms with Crippen LogP contribution in [0.15, 0.2) is 12.1 Å². The van der Waals surface area contributed by atoms with Gasteiger partial charge in [-0.15, -0.1) is 0 Å². The van der Waals surface area contributed by atoms with Gasteiger partial charge in [0, 0.05) is 0 Å². The summed E-state index contributed by atoms with van der Waals surface area (Å²) in [6.45, 7) is 5.11. The van der Waals surface area contributed by atoms with Crippen LogP contribution >= 0.6 is 0 Å².